The van der Waals surface area contributed by atoms with Crippen LogP contribution >= 0.6 is 11.8 Å². The van der Waals surface area contributed by atoms with Gasteiger partial charge in [0.15, 0.2) is 11.0 Å². The number of anilines is 1. The first-order valence-corrected chi connectivity index (χ1v) is 12.7. The molecule has 2 aromatic carbocycles. The number of carbonyl (C=O) groups is 1. The number of aromatic nitrogens is 4. The van der Waals surface area contributed by atoms with Gasteiger partial charge in [-0.15, -0.1) is 5.10 Å². The Balaban J connectivity index is 1.51. The summed E-state index contributed by atoms with van der Waals surface area (Å²) in [6.07, 6.45) is 3.96. The summed E-state index contributed by atoms with van der Waals surface area (Å²) in [7, 11) is 0. The van der Waals surface area contributed by atoms with Crippen molar-refractivity contribution in [3.63, 3.8) is 0 Å². The molecule has 1 amide bonds. The Kier molecular flexibility index (Phi) is 6.49. The number of thioether (sulfide) groups is 1. The highest BCUT2D eigenvalue weighted by Gasteiger charge is 2.27. The highest BCUT2D eigenvalue weighted by atomic mass is 32.2. The topological polar surface area (TPSA) is 73.0 Å². The van der Waals surface area contributed by atoms with Crippen LogP contribution in [0.3, 0.4) is 0 Å². The van der Waals surface area contributed by atoms with Crippen LogP contribution in [0.15, 0.2) is 70.6 Å². The molecule has 0 radical (unpaired) electrons. The van der Waals surface area contributed by atoms with Crippen molar-refractivity contribution in [3.05, 3.63) is 76.7 Å². The number of carbonyl (C=O) groups excluding carboxylic acids is 1. The molecular weight excluding hydrogens is 446 g/mol. The third-order valence-corrected chi connectivity index (χ3v) is 7.14. The molecule has 0 N–H and O–H groups in total. The normalized spacial score (nSPS) is 13.4. The number of fused-ring (bicyclic) bond motifs is 3. The fraction of sp³-hybridized carbons (Fsp3) is 0.308. The van der Waals surface area contributed by atoms with Crippen molar-refractivity contribution >= 4 is 23.4 Å². The Morgan fingerprint density at radius 2 is 1.76 bits per heavy atom. The molecule has 0 saturated heterocycles. The first-order chi connectivity index (χ1) is 16.7. The van der Waals surface area contributed by atoms with Gasteiger partial charge in [-0.3, -0.25) is 9.59 Å². The predicted octanol–water partition coefficient (Wildman–Crippen LogP) is 4.41. The largest absolute Gasteiger partial charge is 0.324 e. The molecule has 8 heteroatoms. The number of nitrogens with zero attached hydrogens (tertiary/aromatic N) is 5. The minimum Gasteiger partial charge on any atom is -0.324 e. The van der Waals surface area contributed by atoms with Crippen molar-refractivity contribution in [1.29, 1.82) is 0 Å². The van der Waals surface area contributed by atoms with E-state index >= 15 is 0 Å². The van der Waals surface area contributed by atoms with Crippen LogP contribution in [0.2, 0.25) is 0 Å². The average molecular weight is 474 g/mol. The van der Waals surface area contributed by atoms with E-state index in [1.54, 1.807) is 4.90 Å². The van der Waals surface area contributed by atoms with Crippen molar-refractivity contribution in [1.82, 2.24) is 19.3 Å². The van der Waals surface area contributed by atoms with Crippen molar-refractivity contribution in [3.8, 4) is 17.1 Å². The van der Waals surface area contributed by atoms with Crippen LogP contribution in [0, 0.1) is 0 Å². The zero-order chi connectivity index (χ0) is 23.5. The lowest BCUT2D eigenvalue weighted by Gasteiger charge is -2.22. The lowest BCUT2D eigenvalue weighted by Crippen LogP contribution is -2.32. The van der Waals surface area contributed by atoms with E-state index in [2.05, 4.69) is 9.67 Å². The van der Waals surface area contributed by atoms with Gasteiger partial charge in [0.2, 0.25) is 5.91 Å². The standard InChI is InChI=1S/C26H27N5O2S/c1-2-29(19-12-6-3-7-13-19)22(32)18-34-26-27-24-23(21-16-10-5-11-17-30(21)26)25(33)31(28-24)20-14-8-4-9-15-20/h3-4,6-9,12-15H,2,5,10-11,16-18H2,1H3. The molecule has 0 aliphatic carbocycles. The van der Waals surface area contributed by atoms with E-state index in [4.69, 9.17) is 4.98 Å². The number of para-hydroxylation sites is 2. The maximum atomic E-state index is 13.4. The van der Waals surface area contributed by atoms with Gasteiger partial charge in [-0.1, -0.05) is 54.6 Å². The average Bonchev–Trinajstić information content (AvgIpc) is 3.03. The highest BCUT2D eigenvalue weighted by Crippen LogP contribution is 2.30. The smallest absolute Gasteiger partial charge is 0.284 e. The number of benzene rings is 2. The molecule has 0 spiro atoms. The summed E-state index contributed by atoms with van der Waals surface area (Å²) in [5.74, 6) is 0.750. The van der Waals surface area contributed by atoms with Gasteiger partial charge in [-0.2, -0.15) is 4.68 Å². The summed E-state index contributed by atoms with van der Waals surface area (Å²) in [4.78, 5) is 33.0. The summed E-state index contributed by atoms with van der Waals surface area (Å²) in [6.45, 7) is 3.37. The molecule has 3 aliphatic heterocycles. The molecule has 0 bridgehead atoms. The summed E-state index contributed by atoms with van der Waals surface area (Å²) in [5.41, 5.74) is 3.07. The first-order valence-electron chi connectivity index (χ1n) is 11.7. The molecular formula is C26H27N5O2S. The second-order valence-electron chi connectivity index (χ2n) is 8.32. The van der Waals surface area contributed by atoms with E-state index in [1.165, 1.54) is 16.4 Å². The predicted molar refractivity (Wildman–Crippen MR) is 135 cm³/mol. The monoisotopic (exact) mass is 473 g/mol. The van der Waals surface area contributed by atoms with Gasteiger partial charge in [-0.05, 0) is 50.5 Å². The van der Waals surface area contributed by atoms with Gasteiger partial charge in [0.05, 0.1) is 11.4 Å². The van der Waals surface area contributed by atoms with Crippen LogP contribution in [0.4, 0.5) is 5.69 Å². The van der Waals surface area contributed by atoms with Crippen LogP contribution in [0.1, 0.15) is 31.9 Å². The number of hydrogen-bond acceptors (Lipinski definition) is 5. The number of amides is 1. The summed E-state index contributed by atoms with van der Waals surface area (Å²) >= 11 is 1.43. The Hall–Kier alpha value is -3.39. The van der Waals surface area contributed by atoms with E-state index < -0.39 is 0 Å². The van der Waals surface area contributed by atoms with E-state index in [1.807, 2.05) is 67.6 Å². The Labute approximate surface area is 202 Å². The zero-order valence-electron chi connectivity index (χ0n) is 19.2. The third-order valence-electron chi connectivity index (χ3n) is 6.18. The van der Waals surface area contributed by atoms with Gasteiger partial charge in [-0.25, -0.2) is 4.98 Å². The highest BCUT2D eigenvalue weighted by molar-refractivity contribution is 7.99. The molecule has 5 rings (SSSR count). The molecule has 7 nitrogen and oxygen atoms in total. The molecule has 3 heterocycles. The lowest BCUT2D eigenvalue weighted by atomic mass is 10.1. The Morgan fingerprint density at radius 1 is 1.03 bits per heavy atom. The fourth-order valence-electron chi connectivity index (χ4n) is 4.52. The van der Waals surface area contributed by atoms with E-state index in [-0.39, 0.29) is 17.2 Å². The van der Waals surface area contributed by atoms with Crippen molar-refractivity contribution in [2.24, 2.45) is 0 Å². The van der Waals surface area contributed by atoms with Gasteiger partial charge >= 0.3 is 0 Å². The van der Waals surface area contributed by atoms with E-state index in [0.29, 0.717) is 17.9 Å². The summed E-state index contributed by atoms with van der Waals surface area (Å²) < 4.78 is 3.59. The van der Waals surface area contributed by atoms with Gasteiger partial charge in [0.25, 0.3) is 5.56 Å². The molecule has 0 saturated carbocycles. The van der Waals surface area contributed by atoms with Gasteiger partial charge in [0.1, 0.15) is 5.56 Å². The van der Waals surface area contributed by atoms with Crippen LogP contribution < -0.4 is 10.5 Å². The third kappa shape index (κ3) is 4.25. The van der Waals surface area contributed by atoms with E-state index in [0.717, 1.165) is 54.5 Å². The second-order valence-corrected chi connectivity index (χ2v) is 9.26. The van der Waals surface area contributed by atoms with Gasteiger partial charge in [0, 0.05) is 24.5 Å². The quantitative estimate of drug-likeness (QED) is 0.306. The maximum absolute atomic E-state index is 13.4. The number of rotatable bonds is 6. The van der Waals surface area contributed by atoms with Gasteiger partial charge < -0.3 is 9.47 Å². The molecule has 0 unspecified atom stereocenters. The van der Waals surface area contributed by atoms with E-state index in [9.17, 15) is 9.59 Å². The maximum Gasteiger partial charge on any atom is 0.284 e. The molecule has 0 fully saturated rings. The Morgan fingerprint density at radius 3 is 2.50 bits per heavy atom. The summed E-state index contributed by atoms with van der Waals surface area (Å²) in [5, 5.41) is 5.33. The molecule has 0 aromatic heterocycles. The fourth-order valence-corrected chi connectivity index (χ4v) is 5.44. The Bertz CT molecular complexity index is 1320. The number of hydrogen-bond donors (Lipinski definition) is 0. The lowest BCUT2D eigenvalue weighted by molar-refractivity contribution is -0.116. The van der Waals surface area contributed by atoms with Crippen molar-refractivity contribution in [2.75, 3.05) is 17.2 Å². The van der Waals surface area contributed by atoms with Crippen LogP contribution in [-0.4, -0.2) is 37.5 Å². The first kappa shape index (κ1) is 22.4. The van der Waals surface area contributed by atoms with Crippen LogP contribution in [0.5, 0.6) is 0 Å². The minimum absolute atomic E-state index is 0.0305. The second kappa shape index (κ2) is 9.85. The SMILES string of the molecule is CCN(C(=O)CSc1nc2nn(-c3ccccc3)c(=O)c-2c2n1CCCCC2)c1ccccc1. The zero-order valence-corrected chi connectivity index (χ0v) is 20.0. The molecule has 34 heavy (non-hydrogen) atoms. The van der Waals surface area contributed by atoms with Crippen molar-refractivity contribution in [2.45, 2.75) is 44.3 Å². The molecule has 174 valence electrons. The molecule has 3 aliphatic rings. The molecule has 0 atom stereocenters. The summed E-state index contributed by atoms with van der Waals surface area (Å²) in [6, 6.07) is 19.2. The van der Waals surface area contributed by atoms with Crippen LogP contribution in [-0.2, 0) is 17.8 Å². The van der Waals surface area contributed by atoms with Crippen molar-refractivity contribution < 1.29 is 4.79 Å². The minimum atomic E-state index is -0.131. The van der Waals surface area contributed by atoms with Crippen LogP contribution in [0.25, 0.3) is 17.1 Å². The molecule has 2 aromatic rings.